The highest BCUT2D eigenvalue weighted by atomic mass is 35.5. The van der Waals surface area contributed by atoms with E-state index in [-0.39, 0.29) is 35.9 Å². The molecule has 2 saturated heterocycles. The van der Waals surface area contributed by atoms with Crippen molar-refractivity contribution < 1.29 is 13.2 Å². The molecule has 23 heavy (non-hydrogen) atoms. The van der Waals surface area contributed by atoms with E-state index in [1.165, 1.54) is 0 Å². The first kappa shape index (κ1) is 20.7. The molecule has 2 aliphatic heterocycles. The number of hydrogen-bond donors (Lipinski definition) is 1. The first-order chi connectivity index (χ1) is 10.3. The Labute approximate surface area is 146 Å². The Morgan fingerprint density at radius 2 is 2.09 bits per heavy atom. The fourth-order valence-electron chi connectivity index (χ4n) is 3.25. The summed E-state index contributed by atoms with van der Waals surface area (Å²) in [6.45, 7) is 9.95. The molecular formula is C15H30ClN3O3S. The molecule has 1 unspecified atom stereocenters. The maximum absolute atomic E-state index is 12.8. The molecule has 136 valence electrons. The average Bonchev–Trinajstić information content (AvgIpc) is 2.78. The van der Waals surface area contributed by atoms with Crippen molar-refractivity contribution in [1.82, 2.24) is 15.1 Å². The van der Waals surface area contributed by atoms with Crippen molar-refractivity contribution in [3.05, 3.63) is 0 Å². The molecule has 2 aliphatic rings. The lowest BCUT2D eigenvalue weighted by atomic mass is 10.1. The SMILES string of the molecule is CC(C)CN(C(=O)CN1CCNC[C@@H]1C)C1CCS(=O)(=O)C1.Cl. The third-order valence-corrected chi connectivity index (χ3v) is 6.26. The van der Waals surface area contributed by atoms with Gasteiger partial charge in [0.05, 0.1) is 18.1 Å². The maximum Gasteiger partial charge on any atom is 0.237 e. The van der Waals surface area contributed by atoms with Crippen molar-refractivity contribution in [2.24, 2.45) is 5.92 Å². The molecule has 6 nitrogen and oxygen atoms in total. The van der Waals surface area contributed by atoms with Crippen molar-refractivity contribution in [1.29, 1.82) is 0 Å². The standard InChI is InChI=1S/C15H29N3O3S.ClH/c1-12(2)9-18(14-4-7-22(20,21)11-14)15(19)10-17-6-5-16-8-13(17)3;/h12-14,16H,4-11H2,1-3H3;1H/t13-,14?;/m0./s1. The molecule has 2 rings (SSSR count). The van der Waals surface area contributed by atoms with Crippen molar-refractivity contribution in [3.63, 3.8) is 0 Å². The highest BCUT2D eigenvalue weighted by Gasteiger charge is 2.35. The van der Waals surface area contributed by atoms with Crippen LogP contribution in [-0.2, 0) is 14.6 Å². The lowest BCUT2D eigenvalue weighted by Crippen LogP contribution is -2.54. The van der Waals surface area contributed by atoms with Crippen LogP contribution in [0.1, 0.15) is 27.2 Å². The number of amides is 1. The first-order valence-corrected chi connectivity index (χ1v) is 10.1. The van der Waals surface area contributed by atoms with E-state index in [9.17, 15) is 13.2 Å². The number of halogens is 1. The summed E-state index contributed by atoms with van der Waals surface area (Å²) in [6, 6.07) is 0.198. The largest absolute Gasteiger partial charge is 0.337 e. The van der Waals surface area contributed by atoms with Gasteiger partial charge in [-0.25, -0.2) is 8.42 Å². The fraction of sp³-hybridized carbons (Fsp3) is 0.933. The average molecular weight is 368 g/mol. The predicted molar refractivity (Wildman–Crippen MR) is 94.8 cm³/mol. The zero-order chi connectivity index (χ0) is 16.3. The topological polar surface area (TPSA) is 69.7 Å². The van der Waals surface area contributed by atoms with Crippen LogP contribution < -0.4 is 5.32 Å². The molecule has 0 radical (unpaired) electrons. The Bertz CT molecular complexity index is 498. The smallest absolute Gasteiger partial charge is 0.237 e. The van der Waals surface area contributed by atoms with E-state index in [0.717, 1.165) is 19.6 Å². The molecule has 2 atom stereocenters. The minimum Gasteiger partial charge on any atom is -0.337 e. The van der Waals surface area contributed by atoms with E-state index in [2.05, 4.69) is 31.0 Å². The summed E-state index contributed by atoms with van der Waals surface area (Å²) in [5, 5.41) is 3.32. The molecule has 1 amide bonds. The lowest BCUT2D eigenvalue weighted by molar-refractivity contribution is -0.135. The van der Waals surface area contributed by atoms with E-state index < -0.39 is 9.84 Å². The van der Waals surface area contributed by atoms with Gasteiger partial charge in [0.25, 0.3) is 0 Å². The highest BCUT2D eigenvalue weighted by molar-refractivity contribution is 7.91. The van der Waals surface area contributed by atoms with Gasteiger partial charge in [-0.3, -0.25) is 9.69 Å². The van der Waals surface area contributed by atoms with E-state index in [0.29, 0.717) is 31.5 Å². The second-order valence-corrected chi connectivity index (χ2v) is 9.25. The Hall–Kier alpha value is -0.370. The van der Waals surface area contributed by atoms with E-state index in [1.807, 2.05) is 4.90 Å². The first-order valence-electron chi connectivity index (χ1n) is 8.23. The third-order valence-electron chi connectivity index (χ3n) is 4.51. The van der Waals surface area contributed by atoms with Crippen LogP contribution in [0.25, 0.3) is 0 Å². The van der Waals surface area contributed by atoms with Crippen LogP contribution in [0.4, 0.5) is 0 Å². The summed E-state index contributed by atoms with van der Waals surface area (Å²) in [5.41, 5.74) is 0. The predicted octanol–water partition coefficient (Wildman–Crippen LogP) is 0.374. The van der Waals surface area contributed by atoms with Crippen LogP contribution in [0.2, 0.25) is 0 Å². The Morgan fingerprint density at radius 1 is 1.39 bits per heavy atom. The number of nitrogens with zero attached hydrogens (tertiary/aromatic N) is 2. The molecule has 2 heterocycles. The zero-order valence-corrected chi connectivity index (χ0v) is 16.0. The van der Waals surface area contributed by atoms with Gasteiger partial charge >= 0.3 is 0 Å². The second-order valence-electron chi connectivity index (χ2n) is 7.02. The molecule has 2 fully saturated rings. The molecule has 0 aromatic carbocycles. The Morgan fingerprint density at radius 3 is 2.61 bits per heavy atom. The Kier molecular flexibility index (Phi) is 7.77. The summed E-state index contributed by atoms with van der Waals surface area (Å²) < 4.78 is 23.5. The van der Waals surface area contributed by atoms with Crippen LogP contribution in [0.5, 0.6) is 0 Å². The van der Waals surface area contributed by atoms with E-state index in [1.54, 1.807) is 0 Å². The quantitative estimate of drug-likeness (QED) is 0.760. The number of hydrogen-bond acceptors (Lipinski definition) is 5. The zero-order valence-electron chi connectivity index (χ0n) is 14.3. The number of carbonyl (C=O) groups is 1. The Balaban J connectivity index is 0.00000264. The van der Waals surface area contributed by atoms with Gasteiger partial charge in [-0.2, -0.15) is 0 Å². The third kappa shape index (κ3) is 5.89. The lowest BCUT2D eigenvalue weighted by Gasteiger charge is -2.36. The van der Waals surface area contributed by atoms with Gasteiger partial charge < -0.3 is 10.2 Å². The van der Waals surface area contributed by atoms with Gasteiger partial charge in [0.1, 0.15) is 0 Å². The van der Waals surface area contributed by atoms with E-state index >= 15 is 0 Å². The molecule has 8 heteroatoms. The van der Waals surface area contributed by atoms with Crippen LogP contribution in [0.3, 0.4) is 0 Å². The second kappa shape index (κ2) is 8.65. The number of nitrogens with one attached hydrogen (secondary N) is 1. The number of piperazine rings is 1. The van der Waals surface area contributed by atoms with Gasteiger partial charge in [0, 0.05) is 38.3 Å². The minimum atomic E-state index is -2.97. The minimum absolute atomic E-state index is 0. The van der Waals surface area contributed by atoms with Gasteiger partial charge in [-0.1, -0.05) is 13.8 Å². The molecule has 1 N–H and O–H groups in total. The van der Waals surface area contributed by atoms with E-state index in [4.69, 9.17) is 0 Å². The highest BCUT2D eigenvalue weighted by Crippen LogP contribution is 2.20. The van der Waals surface area contributed by atoms with Gasteiger partial charge in [0.2, 0.25) is 5.91 Å². The number of carbonyl (C=O) groups excluding carboxylic acids is 1. The van der Waals surface area contributed by atoms with Crippen molar-refractivity contribution >= 4 is 28.2 Å². The molecule has 0 bridgehead atoms. The monoisotopic (exact) mass is 367 g/mol. The van der Waals surface area contributed by atoms with Gasteiger partial charge in [-0.15, -0.1) is 12.4 Å². The summed E-state index contributed by atoms with van der Waals surface area (Å²) in [4.78, 5) is 16.8. The molecule has 0 aromatic rings. The molecule has 0 aromatic heterocycles. The molecule has 0 saturated carbocycles. The van der Waals surface area contributed by atoms with Crippen molar-refractivity contribution in [3.8, 4) is 0 Å². The number of rotatable bonds is 5. The number of sulfone groups is 1. The van der Waals surface area contributed by atoms with Crippen LogP contribution >= 0.6 is 12.4 Å². The molecular weight excluding hydrogens is 338 g/mol. The molecule has 0 aliphatic carbocycles. The van der Waals surface area contributed by atoms with Gasteiger partial charge in [-0.05, 0) is 19.3 Å². The summed E-state index contributed by atoms with van der Waals surface area (Å²) in [7, 11) is -2.97. The fourth-order valence-corrected chi connectivity index (χ4v) is 4.98. The van der Waals surface area contributed by atoms with Gasteiger partial charge in [0.15, 0.2) is 9.84 Å². The molecule has 0 spiro atoms. The van der Waals surface area contributed by atoms with Crippen LogP contribution in [-0.4, -0.2) is 80.4 Å². The van der Waals surface area contributed by atoms with Crippen molar-refractivity contribution in [2.75, 3.05) is 44.2 Å². The maximum atomic E-state index is 12.8. The summed E-state index contributed by atoms with van der Waals surface area (Å²) in [6.07, 6.45) is 0.581. The summed E-state index contributed by atoms with van der Waals surface area (Å²) in [5.74, 6) is 0.754. The normalized spacial score (nSPS) is 27.7. The van der Waals surface area contributed by atoms with Crippen molar-refractivity contribution in [2.45, 2.75) is 39.3 Å². The van der Waals surface area contributed by atoms with Crippen LogP contribution in [0, 0.1) is 5.92 Å². The summed E-state index contributed by atoms with van der Waals surface area (Å²) >= 11 is 0. The van der Waals surface area contributed by atoms with Crippen LogP contribution in [0.15, 0.2) is 0 Å².